The topological polar surface area (TPSA) is 55.5 Å². The molecule has 0 spiro atoms. The van der Waals surface area contributed by atoms with Crippen molar-refractivity contribution >= 4 is 35.8 Å². The Hall–Kier alpha value is -2.04. The van der Waals surface area contributed by atoms with Crippen molar-refractivity contribution in [1.82, 2.24) is 19.6 Å². The van der Waals surface area contributed by atoms with Gasteiger partial charge in [-0.05, 0) is 0 Å². The van der Waals surface area contributed by atoms with E-state index in [9.17, 15) is 13.2 Å². The van der Waals surface area contributed by atoms with Gasteiger partial charge in [0.05, 0.1) is 24.3 Å². The molecule has 0 aliphatic carbocycles. The second-order valence-electron chi connectivity index (χ2n) is 5.59. The van der Waals surface area contributed by atoms with Gasteiger partial charge in [-0.15, -0.1) is 12.6 Å². The van der Waals surface area contributed by atoms with E-state index in [4.69, 9.17) is 16.3 Å². The molecule has 0 bridgehead atoms. The molecule has 1 saturated heterocycles. The van der Waals surface area contributed by atoms with Gasteiger partial charge < -0.3 is 9.64 Å². The van der Waals surface area contributed by atoms with Gasteiger partial charge in [0.25, 0.3) is 5.78 Å². The van der Waals surface area contributed by atoms with Crippen molar-refractivity contribution in [2.75, 3.05) is 24.6 Å². The fourth-order valence-corrected chi connectivity index (χ4v) is 3.47. The SMILES string of the molecule is Fc1cc(F)c(-c2c(Cl)nc3ncnn3c2N2CCOC(S)C2)c(F)c1. The van der Waals surface area contributed by atoms with Crippen molar-refractivity contribution in [3.63, 3.8) is 0 Å². The quantitative estimate of drug-likeness (QED) is 0.528. The van der Waals surface area contributed by atoms with Crippen molar-refractivity contribution in [1.29, 1.82) is 0 Å². The highest BCUT2D eigenvalue weighted by atomic mass is 35.5. The highest BCUT2D eigenvalue weighted by molar-refractivity contribution is 7.80. The van der Waals surface area contributed by atoms with E-state index in [0.717, 1.165) is 0 Å². The molecule has 0 amide bonds. The Kier molecular flexibility index (Phi) is 4.41. The predicted octanol–water partition coefficient (Wildman–Crippen LogP) is 2.95. The van der Waals surface area contributed by atoms with E-state index in [1.807, 2.05) is 0 Å². The van der Waals surface area contributed by atoms with E-state index in [1.165, 1.54) is 10.8 Å². The summed E-state index contributed by atoms with van der Waals surface area (Å²) >= 11 is 10.5. The Balaban J connectivity index is 2.03. The number of anilines is 1. The third-order valence-electron chi connectivity index (χ3n) is 3.96. The van der Waals surface area contributed by atoms with E-state index in [-0.39, 0.29) is 22.3 Å². The second kappa shape index (κ2) is 6.60. The fourth-order valence-electron chi connectivity index (χ4n) is 2.91. The second-order valence-corrected chi connectivity index (χ2v) is 6.52. The molecule has 1 aromatic carbocycles. The molecule has 3 aromatic rings. The molecule has 3 heterocycles. The Morgan fingerprint density at radius 2 is 1.92 bits per heavy atom. The van der Waals surface area contributed by atoms with Crippen LogP contribution in [0.25, 0.3) is 16.9 Å². The highest BCUT2D eigenvalue weighted by Crippen LogP contribution is 2.39. The van der Waals surface area contributed by atoms with Crippen LogP contribution in [-0.4, -0.2) is 44.7 Å². The Morgan fingerprint density at radius 1 is 1.19 bits per heavy atom. The lowest BCUT2D eigenvalue weighted by molar-refractivity contribution is 0.0992. The minimum absolute atomic E-state index is 0.0397. The summed E-state index contributed by atoms with van der Waals surface area (Å²) in [6.07, 6.45) is 1.25. The molecule has 11 heteroatoms. The number of hydrogen-bond donors (Lipinski definition) is 1. The van der Waals surface area contributed by atoms with Crippen molar-refractivity contribution in [3.8, 4) is 11.1 Å². The summed E-state index contributed by atoms with van der Waals surface area (Å²) in [5.74, 6) is -2.77. The molecular formula is C15H11ClF3N5OS. The Bertz CT molecular complexity index is 978. The number of rotatable bonds is 2. The van der Waals surface area contributed by atoms with E-state index in [1.54, 1.807) is 4.90 Å². The maximum Gasteiger partial charge on any atom is 0.255 e. The third kappa shape index (κ3) is 2.87. The van der Waals surface area contributed by atoms with Crippen molar-refractivity contribution in [3.05, 3.63) is 41.1 Å². The molecule has 1 aliphatic heterocycles. The van der Waals surface area contributed by atoms with Crippen LogP contribution in [0.3, 0.4) is 0 Å². The molecule has 0 radical (unpaired) electrons. The summed E-state index contributed by atoms with van der Waals surface area (Å²) in [6, 6.07) is 1.18. The number of halogens is 4. The molecule has 6 nitrogen and oxygen atoms in total. The van der Waals surface area contributed by atoms with Crippen LogP contribution in [0.4, 0.5) is 19.0 Å². The molecule has 2 aromatic heterocycles. The number of nitrogens with zero attached hydrogens (tertiary/aromatic N) is 5. The predicted molar refractivity (Wildman–Crippen MR) is 92.0 cm³/mol. The van der Waals surface area contributed by atoms with Gasteiger partial charge in [0.2, 0.25) is 0 Å². The first kappa shape index (κ1) is 17.4. The van der Waals surface area contributed by atoms with Crippen LogP contribution < -0.4 is 4.90 Å². The number of aromatic nitrogens is 4. The lowest BCUT2D eigenvalue weighted by Crippen LogP contribution is -2.41. The largest absolute Gasteiger partial charge is 0.364 e. The Labute approximate surface area is 156 Å². The van der Waals surface area contributed by atoms with Crippen LogP contribution in [0.5, 0.6) is 0 Å². The van der Waals surface area contributed by atoms with Gasteiger partial charge in [-0.2, -0.15) is 19.6 Å². The summed E-state index contributed by atoms with van der Waals surface area (Å²) in [7, 11) is 0. The van der Waals surface area contributed by atoms with Crippen molar-refractivity contribution in [2.24, 2.45) is 0 Å². The first-order valence-corrected chi connectivity index (χ1v) is 8.44. The zero-order valence-electron chi connectivity index (χ0n) is 13.0. The molecule has 0 N–H and O–H groups in total. The summed E-state index contributed by atoms with van der Waals surface area (Å²) in [5, 5.41) is 3.91. The maximum absolute atomic E-state index is 14.5. The van der Waals surface area contributed by atoms with Gasteiger partial charge in [0.1, 0.15) is 40.2 Å². The van der Waals surface area contributed by atoms with Crippen LogP contribution in [0, 0.1) is 17.5 Å². The average Bonchev–Trinajstić information content (AvgIpc) is 3.01. The number of benzene rings is 1. The summed E-state index contributed by atoms with van der Waals surface area (Å²) in [5.41, 5.74) is -0.939. The van der Waals surface area contributed by atoms with Crippen LogP contribution in [-0.2, 0) is 4.74 Å². The number of ether oxygens (including phenoxy) is 1. The number of thiol groups is 1. The fraction of sp³-hybridized carbons (Fsp3) is 0.267. The molecule has 1 fully saturated rings. The van der Waals surface area contributed by atoms with Crippen molar-refractivity contribution in [2.45, 2.75) is 5.44 Å². The number of morpholine rings is 1. The minimum Gasteiger partial charge on any atom is -0.364 e. The summed E-state index contributed by atoms with van der Waals surface area (Å²) in [6.45, 7) is 1.07. The van der Waals surface area contributed by atoms with Gasteiger partial charge in [-0.25, -0.2) is 13.2 Å². The maximum atomic E-state index is 14.5. The van der Waals surface area contributed by atoms with E-state index >= 15 is 0 Å². The molecule has 136 valence electrons. The molecule has 0 saturated carbocycles. The summed E-state index contributed by atoms with van der Waals surface area (Å²) in [4.78, 5) is 9.79. The smallest absolute Gasteiger partial charge is 0.255 e. The van der Waals surface area contributed by atoms with Gasteiger partial charge in [-0.3, -0.25) is 0 Å². The van der Waals surface area contributed by atoms with Crippen LogP contribution in [0.15, 0.2) is 18.5 Å². The molecule has 1 atom stereocenters. The average molecular weight is 402 g/mol. The molecular weight excluding hydrogens is 391 g/mol. The molecule has 1 aliphatic rings. The van der Waals surface area contributed by atoms with Gasteiger partial charge >= 0.3 is 0 Å². The van der Waals surface area contributed by atoms with Crippen LogP contribution >= 0.6 is 24.2 Å². The van der Waals surface area contributed by atoms with Crippen LogP contribution in [0.1, 0.15) is 0 Å². The standard InChI is InChI=1S/C15H11ClF3N5OS/c16-13-12(11-8(18)3-7(17)4-9(11)19)14(23-1-2-25-10(26)5-23)24-15(22-13)20-6-21-24/h3-4,6,10,26H,1-2,5H2. The zero-order chi connectivity index (χ0) is 18.4. The number of fused-ring (bicyclic) bond motifs is 1. The number of hydrogen-bond acceptors (Lipinski definition) is 6. The molecule has 26 heavy (non-hydrogen) atoms. The van der Waals surface area contributed by atoms with Crippen molar-refractivity contribution < 1.29 is 17.9 Å². The third-order valence-corrected chi connectivity index (χ3v) is 4.55. The van der Waals surface area contributed by atoms with Gasteiger partial charge in [0.15, 0.2) is 0 Å². The van der Waals surface area contributed by atoms with Gasteiger partial charge in [0, 0.05) is 18.7 Å². The van der Waals surface area contributed by atoms with Gasteiger partial charge in [-0.1, -0.05) is 11.6 Å². The zero-order valence-corrected chi connectivity index (χ0v) is 14.7. The monoisotopic (exact) mass is 401 g/mol. The van der Waals surface area contributed by atoms with E-state index in [2.05, 4.69) is 27.7 Å². The lowest BCUT2D eigenvalue weighted by atomic mass is 10.1. The first-order valence-electron chi connectivity index (χ1n) is 7.54. The summed E-state index contributed by atoms with van der Waals surface area (Å²) < 4.78 is 49.0. The normalized spacial score (nSPS) is 17.9. The van der Waals surface area contributed by atoms with E-state index in [0.29, 0.717) is 31.8 Å². The van der Waals surface area contributed by atoms with E-state index < -0.39 is 28.5 Å². The highest BCUT2D eigenvalue weighted by Gasteiger charge is 2.29. The van der Waals surface area contributed by atoms with Crippen LogP contribution in [0.2, 0.25) is 5.15 Å². The molecule has 4 rings (SSSR count). The Morgan fingerprint density at radius 3 is 2.62 bits per heavy atom. The molecule has 1 unspecified atom stereocenters. The first-order chi connectivity index (χ1) is 12.5. The minimum atomic E-state index is -1.09. The lowest BCUT2D eigenvalue weighted by Gasteiger charge is -2.33.